The Morgan fingerprint density at radius 3 is 1.72 bits per heavy atom. The second kappa shape index (κ2) is 7.86. The van der Waals surface area contributed by atoms with Gasteiger partial charge in [-0.05, 0) is 99.7 Å². The Bertz CT molecular complexity index is 421. The van der Waals surface area contributed by atoms with Gasteiger partial charge in [0.25, 0.3) is 0 Å². The van der Waals surface area contributed by atoms with Gasteiger partial charge in [0.1, 0.15) is 0 Å². The fourth-order valence-electron chi connectivity index (χ4n) is 4.61. The van der Waals surface area contributed by atoms with Crippen LogP contribution in [0.2, 0.25) is 0 Å². The zero-order chi connectivity index (χ0) is 18.9. The van der Waals surface area contributed by atoms with Crippen LogP contribution in [0.25, 0.3) is 0 Å². The zero-order valence-corrected chi connectivity index (χ0v) is 18.5. The summed E-state index contributed by atoms with van der Waals surface area (Å²) in [5.74, 6) is 0.876. The topological polar surface area (TPSA) is 9.72 Å². The maximum atomic E-state index is 2.77. The summed E-state index contributed by atoms with van der Waals surface area (Å²) in [7, 11) is 0. The number of hydrogen-bond acceptors (Lipinski definition) is 3. The largest absolute Gasteiger partial charge is 0.298 e. The van der Waals surface area contributed by atoms with Crippen LogP contribution in [0, 0.1) is 5.92 Å². The van der Waals surface area contributed by atoms with Gasteiger partial charge in [0.15, 0.2) is 0 Å². The molecule has 0 N–H and O–H groups in total. The molecule has 25 heavy (non-hydrogen) atoms. The van der Waals surface area contributed by atoms with Crippen LogP contribution in [0.3, 0.4) is 0 Å². The first-order valence-corrected chi connectivity index (χ1v) is 10.7. The van der Waals surface area contributed by atoms with E-state index in [1.807, 2.05) is 0 Å². The Labute approximate surface area is 158 Å². The van der Waals surface area contributed by atoms with Gasteiger partial charge in [-0.25, -0.2) is 0 Å². The van der Waals surface area contributed by atoms with E-state index >= 15 is 0 Å². The fraction of sp³-hybridized carbons (Fsp3) is 1.00. The molecule has 3 heteroatoms. The Morgan fingerprint density at radius 1 is 0.680 bits per heavy atom. The van der Waals surface area contributed by atoms with Crippen molar-refractivity contribution in [3.63, 3.8) is 0 Å². The average Bonchev–Trinajstić information content (AvgIpc) is 2.77. The van der Waals surface area contributed by atoms with Crippen LogP contribution in [-0.4, -0.2) is 70.6 Å². The molecule has 0 saturated carbocycles. The molecule has 0 amide bonds. The molecule has 0 aromatic heterocycles. The third-order valence-electron chi connectivity index (χ3n) is 6.93. The molecule has 2 rings (SSSR count). The van der Waals surface area contributed by atoms with E-state index in [-0.39, 0.29) is 0 Å². The number of nitrogens with zero attached hydrogens (tertiary/aromatic N) is 3. The predicted molar refractivity (Wildman–Crippen MR) is 110 cm³/mol. The zero-order valence-electron chi connectivity index (χ0n) is 18.5. The van der Waals surface area contributed by atoms with Crippen molar-refractivity contribution in [3.05, 3.63) is 0 Å². The van der Waals surface area contributed by atoms with Gasteiger partial charge in [-0.3, -0.25) is 14.7 Å². The van der Waals surface area contributed by atoms with Crippen molar-refractivity contribution in [1.82, 2.24) is 14.7 Å². The second-order valence-electron chi connectivity index (χ2n) is 11.0. The first kappa shape index (κ1) is 21.2. The molecular formula is C22H45N3. The second-order valence-corrected chi connectivity index (χ2v) is 11.0. The Balaban J connectivity index is 1.90. The summed E-state index contributed by atoms with van der Waals surface area (Å²) >= 11 is 0. The molecule has 0 bridgehead atoms. The molecule has 0 aliphatic carbocycles. The summed E-state index contributed by atoms with van der Waals surface area (Å²) in [5.41, 5.74) is 0.941. The van der Waals surface area contributed by atoms with Crippen LogP contribution in [0.5, 0.6) is 0 Å². The van der Waals surface area contributed by atoms with Crippen molar-refractivity contribution in [2.45, 2.75) is 97.7 Å². The molecule has 148 valence electrons. The molecule has 2 saturated heterocycles. The molecular weight excluding hydrogens is 306 g/mol. The van der Waals surface area contributed by atoms with E-state index in [0.717, 1.165) is 5.92 Å². The van der Waals surface area contributed by atoms with Crippen LogP contribution in [0.15, 0.2) is 0 Å². The molecule has 0 unspecified atom stereocenters. The van der Waals surface area contributed by atoms with E-state index in [0.29, 0.717) is 16.6 Å². The van der Waals surface area contributed by atoms with E-state index in [2.05, 4.69) is 70.1 Å². The highest BCUT2D eigenvalue weighted by Gasteiger charge is 2.36. The normalized spacial score (nSPS) is 26.2. The molecule has 0 spiro atoms. The van der Waals surface area contributed by atoms with Crippen LogP contribution >= 0.6 is 0 Å². The first-order valence-electron chi connectivity index (χ1n) is 10.7. The van der Waals surface area contributed by atoms with Crippen molar-refractivity contribution in [2.24, 2.45) is 5.92 Å². The lowest BCUT2D eigenvalue weighted by molar-refractivity contribution is 0.0720. The van der Waals surface area contributed by atoms with Gasteiger partial charge >= 0.3 is 0 Å². The maximum absolute atomic E-state index is 2.77. The number of rotatable bonds is 5. The minimum atomic E-state index is 0.300. The average molecular weight is 352 g/mol. The van der Waals surface area contributed by atoms with Crippen molar-refractivity contribution >= 4 is 0 Å². The molecule has 1 atom stereocenters. The predicted octanol–water partition coefficient (Wildman–Crippen LogP) is 4.47. The Kier molecular flexibility index (Phi) is 6.66. The maximum Gasteiger partial charge on any atom is 0.0154 e. The quantitative estimate of drug-likeness (QED) is 0.723. The van der Waals surface area contributed by atoms with Crippen molar-refractivity contribution in [2.75, 3.05) is 39.3 Å². The van der Waals surface area contributed by atoms with Gasteiger partial charge in [-0.1, -0.05) is 6.92 Å². The molecule has 2 aliphatic rings. The summed E-state index contributed by atoms with van der Waals surface area (Å²) in [6.07, 6.45) is 5.27. The number of likely N-dealkylation sites (tertiary alicyclic amines) is 1. The minimum absolute atomic E-state index is 0.300. The van der Waals surface area contributed by atoms with Crippen LogP contribution < -0.4 is 0 Å². The molecule has 0 radical (unpaired) electrons. The van der Waals surface area contributed by atoms with Gasteiger partial charge in [0.05, 0.1) is 0 Å². The smallest absolute Gasteiger partial charge is 0.0154 e. The molecule has 2 heterocycles. The standard InChI is InChI=1S/C22H45N3/c1-19-10-15-25(18-19)22(7,8)12-11-21(5,6)24-14-9-13-23(16-17-24)20(2,3)4/h19H,9-18H2,1-8H3/t19-/m0/s1. The van der Waals surface area contributed by atoms with E-state index < -0.39 is 0 Å². The van der Waals surface area contributed by atoms with Gasteiger partial charge in [0, 0.05) is 36.3 Å². The first-order chi connectivity index (χ1) is 11.4. The fourth-order valence-corrected chi connectivity index (χ4v) is 4.61. The lowest BCUT2D eigenvalue weighted by Crippen LogP contribution is -2.50. The van der Waals surface area contributed by atoms with E-state index in [4.69, 9.17) is 0 Å². The SMILES string of the molecule is C[C@H]1CCN(C(C)(C)CCC(C)(C)N2CCCN(C(C)(C)C)CC2)C1. The highest BCUT2D eigenvalue weighted by molar-refractivity contribution is 4.92. The van der Waals surface area contributed by atoms with Crippen LogP contribution in [0.4, 0.5) is 0 Å². The Morgan fingerprint density at radius 2 is 1.20 bits per heavy atom. The summed E-state index contributed by atoms with van der Waals surface area (Å²) in [6, 6.07) is 0. The van der Waals surface area contributed by atoms with Gasteiger partial charge < -0.3 is 0 Å². The van der Waals surface area contributed by atoms with E-state index in [1.165, 1.54) is 65.0 Å². The third-order valence-corrected chi connectivity index (χ3v) is 6.93. The van der Waals surface area contributed by atoms with Crippen LogP contribution in [0.1, 0.15) is 81.1 Å². The van der Waals surface area contributed by atoms with Crippen molar-refractivity contribution in [1.29, 1.82) is 0 Å². The molecule has 2 aliphatic heterocycles. The lowest BCUT2D eigenvalue weighted by Gasteiger charge is -2.43. The number of hydrogen-bond donors (Lipinski definition) is 0. The molecule has 3 nitrogen and oxygen atoms in total. The summed E-state index contributed by atoms with van der Waals surface area (Å²) in [4.78, 5) is 8.16. The Hall–Kier alpha value is -0.120. The monoisotopic (exact) mass is 351 g/mol. The van der Waals surface area contributed by atoms with E-state index in [9.17, 15) is 0 Å². The molecule has 2 fully saturated rings. The lowest BCUT2D eigenvalue weighted by atomic mass is 9.87. The van der Waals surface area contributed by atoms with Gasteiger partial charge in [-0.15, -0.1) is 0 Å². The highest BCUT2D eigenvalue weighted by Crippen LogP contribution is 2.32. The van der Waals surface area contributed by atoms with Crippen LogP contribution in [-0.2, 0) is 0 Å². The molecule has 0 aromatic carbocycles. The summed E-state index contributed by atoms with van der Waals surface area (Å²) in [5, 5.41) is 0. The third kappa shape index (κ3) is 5.68. The minimum Gasteiger partial charge on any atom is -0.298 e. The van der Waals surface area contributed by atoms with E-state index in [1.54, 1.807) is 0 Å². The molecule has 0 aromatic rings. The van der Waals surface area contributed by atoms with Gasteiger partial charge in [0.2, 0.25) is 0 Å². The van der Waals surface area contributed by atoms with Gasteiger partial charge in [-0.2, -0.15) is 0 Å². The highest BCUT2D eigenvalue weighted by atomic mass is 15.3. The summed E-state index contributed by atoms with van der Waals surface area (Å²) in [6.45, 7) is 26.8. The van der Waals surface area contributed by atoms with Crippen molar-refractivity contribution in [3.8, 4) is 0 Å². The van der Waals surface area contributed by atoms with Crippen molar-refractivity contribution < 1.29 is 0 Å². The summed E-state index contributed by atoms with van der Waals surface area (Å²) < 4.78 is 0.